The monoisotopic (exact) mass is 281 g/mol. The lowest BCUT2D eigenvalue weighted by Crippen LogP contribution is -2.29. The minimum Gasteiger partial charge on any atom is -0.465 e. The molecule has 0 spiro atoms. The third-order valence-corrected chi connectivity index (χ3v) is 8.00. The van der Waals surface area contributed by atoms with Crippen LogP contribution in [0.15, 0.2) is 17.1 Å². The molecule has 1 rings (SSSR count). The lowest BCUT2D eigenvalue weighted by Gasteiger charge is -2.28. The highest BCUT2D eigenvalue weighted by Crippen LogP contribution is 2.67. The Morgan fingerprint density at radius 3 is 2.42 bits per heavy atom. The normalized spacial score (nSPS) is 23.4. The number of aliphatic imine (C=N–C) groups is 1. The van der Waals surface area contributed by atoms with Gasteiger partial charge in [-0.05, 0) is 31.2 Å². The number of unbranched alkanes of at least 4 members (excludes halogenated alkanes) is 1. The van der Waals surface area contributed by atoms with Crippen molar-refractivity contribution >= 4 is 19.8 Å². The van der Waals surface area contributed by atoms with Gasteiger partial charge in [-0.3, -0.25) is 4.99 Å². The molecule has 0 amide bonds. The number of allylic oxidation sites excluding steroid dienone is 1. The molecule has 108 valence electrons. The first-order valence-corrected chi connectivity index (χ1v) is 10.5. The summed E-state index contributed by atoms with van der Waals surface area (Å²) in [7, 11) is 0.235. The van der Waals surface area contributed by atoms with Crippen molar-refractivity contribution in [3.05, 3.63) is 12.2 Å². The van der Waals surface area contributed by atoms with Crippen LogP contribution in [0.4, 0.5) is 0 Å². The predicted molar refractivity (Wildman–Crippen MR) is 83.6 cm³/mol. The molecule has 1 fully saturated rings. The van der Waals surface area contributed by atoms with E-state index in [9.17, 15) is 4.79 Å². The first kappa shape index (κ1) is 16.2. The summed E-state index contributed by atoms with van der Waals surface area (Å²) in [5.41, 5.74) is 1.93. The van der Waals surface area contributed by atoms with Crippen LogP contribution in [0.3, 0.4) is 0 Å². The van der Waals surface area contributed by atoms with Gasteiger partial charge in [0.15, 0.2) is 0 Å². The van der Waals surface area contributed by atoms with Gasteiger partial charge in [0, 0.05) is 6.54 Å². The van der Waals surface area contributed by atoms with Crippen molar-refractivity contribution in [2.45, 2.75) is 57.3 Å². The number of carbonyl (C=O) groups is 1. The molecule has 1 unspecified atom stereocenters. The van der Waals surface area contributed by atoms with Gasteiger partial charge in [-0.2, -0.15) is 0 Å². The van der Waals surface area contributed by atoms with Crippen LogP contribution in [0.25, 0.3) is 0 Å². The summed E-state index contributed by atoms with van der Waals surface area (Å²) in [5, 5.41) is 0.480. The van der Waals surface area contributed by atoms with Crippen LogP contribution in [0, 0.1) is 0 Å². The Balaban J connectivity index is 2.33. The van der Waals surface area contributed by atoms with E-state index in [-0.39, 0.29) is 5.97 Å². The maximum atomic E-state index is 11.2. The molecule has 1 saturated carbocycles. The molecular formula is C15H27NO2Si. The van der Waals surface area contributed by atoms with Gasteiger partial charge in [-0.1, -0.05) is 38.2 Å². The second-order valence-electron chi connectivity index (χ2n) is 6.53. The number of hydrogen-bond acceptors (Lipinski definition) is 3. The molecule has 1 atom stereocenters. The summed E-state index contributed by atoms with van der Waals surface area (Å²) in [4.78, 5) is 15.4. The first-order valence-electron chi connectivity index (χ1n) is 7.02. The van der Waals surface area contributed by atoms with Crippen molar-refractivity contribution in [1.82, 2.24) is 0 Å². The highest BCUT2D eigenvalue weighted by molar-refractivity contribution is 6.81. The molecule has 0 bridgehead atoms. The van der Waals surface area contributed by atoms with Crippen LogP contribution < -0.4 is 0 Å². The van der Waals surface area contributed by atoms with E-state index >= 15 is 0 Å². The minimum atomic E-state index is -1.15. The zero-order chi connectivity index (χ0) is 14.7. The van der Waals surface area contributed by atoms with Crippen molar-refractivity contribution < 1.29 is 9.53 Å². The first-order chi connectivity index (χ1) is 8.74. The van der Waals surface area contributed by atoms with Gasteiger partial charge in [0.25, 0.3) is 0 Å². The van der Waals surface area contributed by atoms with Gasteiger partial charge in [-0.15, -0.1) is 0 Å². The average Bonchev–Trinajstić information content (AvgIpc) is 2.99. The van der Waals surface area contributed by atoms with Crippen LogP contribution in [-0.2, 0) is 9.53 Å². The highest BCUT2D eigenvalue weighted by atomic mass is 28.3. The number of hydrogen-bond donors (Lipinski definition) is 0. The number of ether oxygens (including phenoxy) is 1. The number of nitrogens with zero attached hydrogens (tertiary/aromatic N) is 1. The van der Waals surface area contributed by atoms with Crippen LogP contribution in [0.5, 0.6) is 0 Å². The van der Waals surface area contributed by atoms with Crippen molar-refractivity contribution in [2.75, 3.05) is 13.7 Å². The Bertz CT molecular complexity index is 395. The van der Waals surface area contributed by atoms with E-state index in [1.165, 1.54) is 31.9 Å². The van der Waals surface area contributed by atoms with Gasteiger partial charge < -0.3 is 4.74 Å². The second-order valence-corrected chi connectivity index (χ2v) is 12.0. The summed E-state index contributed by atoms with van der Waals surface area (Å²) in [6.07, 6.45) is 4.68. The molecule has 0 aliphatic heterocycles. The zero-order valence-corrected chi connectivity index (χ0v) is 14.0. The van der Waals surface area contributed by atoms with Crippen molar-refractivity contribution in [3.63, 3.8) is 0 Å². The molecule has 0 saturated heterocycles. The van der Waals surface area contributed by atoms with Gasteiger partial charge in [0.1, 0.15) is 5.71 Å². The van der Waals surface area contributed by atoms with Crippen LogP contribution in [0.2, 0.25) is 24.7 Å². The number of methoxy groups -OCH3 is 1. The molecule has 19 heavy (non-hydrogen) atoms. The van der Waals surface area contributed by atoms with Crippen molar-refractivity contribution in [3.8, 4) is 0 Å². The molecule has 0 aromatic carbocycles. The summed E-state index contributed by atoms with van der Waals surface area (Å²) in [6.45, 7) is 13.9. The Hall–Kier alpha value is -0.903. The van der Waals surface area contributed by atoms with Gasteiger partial charge in [0.05, 0.1) is 15.2 Å². The Morgan fingerprint density at radius 1 is 1.42 bits per heavy atom. The van der Waals surface area contributed by atoms with Gasteiger partial charge in [-0.25, -0.2) is 4.79 Å². The van der Waals surface area contributed by atoms with E-state index in [2.05, 4.69) is 35.9 Å². The molecule has 4 heteroatoms. The minimum absolute atomic E-state index is 0.325. The molecule has 1 aliphatic carbocycles. The number of esters is 1. The largest absolute Gasteiger partial charge is 0.465 e. The Labute approximate surface area is 118 Å². The number of carbonyl (C=O) groups excluding carboxylic acids is 1. The van der Waals surface area contributed by atoms with E-state index in [1.807, 2.05) is 0 Å². The number of rotatable bonds is 7. The highest BCUT2D eigenvalue weighted by Gasteiger charge is 2.55. The molecule has 0 heterocycles. The van der Waals surface area contributed by atoms with Crippen molar-refractivity contribution in [2.24, 2.45) is 4.99 Å². The Kier molecular flexibility index (Phi) is 5.13. The van der Waals surface area contributed by atoms with Gasteiger partial charge in [0.2, 0.25) is 0 Å². The molecule has 0 radical (unpaired) electrons. The molecule has 1 aliphatic rings. The zero-order valence-electron chi connectivity index (χ0n) is 13.0. The quantitative estimate of drug-likeness (QED) is 0.234. The summed E-state index contributed by atoms with van der Waals surface area (Å²) < 4.78 is 4.62. The van der Waals surface area contributed by atoms with Crippen LogP contribution in [0.1, 0.15) is 32.6 Å². The third kappa shape index (κ3) is 3.78. The fourth-order valence-electron chi connectivity index (χ4n) is 2.75. The lowest BCUT2D eigenvalue weighted by atomic mass is 10.1. The smallest absolute Gasteiger partial charge is 0.351 e. The van der Waals surface area contributed by atoms with Gasteiger partial charge >= 0.3 is 5.97 Å². The van der Waals surface area contributed by atoms with E-state index in [0.29, 0.717) is 10.7 Å². The van der Waals surface area contributed by atoms with E-state index in [0.717, 1.165) is 13.0 Å². The SMILES string of the molecule is C=C1CC1(CCCCN=C(C)C(=O)OC)[Si](C)(C)C. The third-order valence-electron chi connectivity index (χ3n) is 4.34. The van der Waals surface area contributed by atoms with E-state index in [4.69, 9.17) is 0 Å². The maximum Gasteiger partial charge on any atom is 0.351 e. The summed E-state index contributed by atoms with van der Waals surface area (Å²) >= 11 is 0. The van der Waals surface area contributed by atoms with Crippen molar-refractivity contribution in [1.29, 1.82) is 0 Å². The van der Waals surface area contributed by atoms with Crippen LogP contribution >= 0.6 is 0 Å². The standard InChI is InChI=1S/C15H27NO2Si/c1-12-11-15(12,19(4,5)6)9-7-8-10-16-13(2)14(17)18-3/h1,7-11H2,2-6H3. The second kappa shape index (κ2) is 6.03. The predicted octanol–water partition coefficient (Wildman–Crippen LogP) is 3.83. The fraction of sp³-hybridized carbons (Fsp3) is 0.733. The van der Waals surface area contributed by atoms with E-state index < -0.39 is 8.07 Å². The van der Waals surface area contributed by atoms with E-state index in [1.54, 1.807) is 6.92 Å². The topological polar surface area (TPSA) is 38.7 Å². The molecule has 0 N–H and O–H groups in total. The molecule has 3 nitrogen and oxygen atoms in total. The summed E-state index contributed by atoms with van der Waals surface area (Å²) in [6, 6.07) is 0. The summed E-state index contributed by atoms with van der Waals surface area (Å²) in [5.74, 6) is -0.325. The molecule has 0 aromatic heterocycles. The Morgan fingerprint density at radius 2 is 2.00 bits per heavy atom. The lowest BCUT2D eigenvalue weighted by molar-refractivity contribution is -0.132. The van der Waals surface area contributed by atoms with Crippen LogP contribution in [-0.4, -0.2) is 33.4 Å². The maximum absolute atomic E-state index is 11.2. The molecule has 0 aromatic rings. The average molecular weight is 281 g/mol. The fourth-order valence-corrected chi connectivity index (χ4v) is 5.48. The molecular weight excluding hydrogens is 254 g/mol.